The molecule has 1 atom stereocenters. The lowest BCUT2D eigenvalue weighted by Crippen LogP contribution is -2.36. The second-order valence-electron chi connectivity index (χ2n) is 7.71. The van der Waals surface area contributed by atoms with Crippen molar-refractivity contribution in [1.29, 1.82) is 0 Å². The molecule has 1 aliphatic rings. The van der Waals surface area contributed by atoms with E-state index in [0.29, 0.717) is 39.1 Å². The molecule has 0 unspecified atom stereocenters. The van der Waals surface area contributed by atoms with Crippen LogP contribution in [0.15, 0.2) is 48.9 Å². The van der Waals surface area contributed by atoms with E-state index in [1.54, 1.807) is 42.2 Å². The van der Waals surface area contributed by atoms with E-state index >= 15 is 0 Å². The summed E-state index contributed by atoms with van der Waals surface area (Å²) in [6, 6.07) is 7.87. The maximum atomic E-state index is 13.3. The lowest BCUT2D eigenvalue weighted by atomic mass is 9.95. The summed E-state index contributed by atoms with van der Waals surface area (Å²) in [6.07, 6.45) is -1.31. The van der Waals surface area contributed by atoms with Crippen LogP contribution >= 0.6 is 0 Å². The van der Waals surface area contributed by atoms with Crippen LogP contribution in [-0.4, -0.2) is 38.8 Å². The van der Waals surface area contributed by atoms with Gasteiger partial charge in [-0.2, -0.15) is 13.2 Å². The number of anilines is 1. The zero-order valence-electron chi connectivity index (χ0n) is 16.9. The van der Waals surface area contributed by atoms with Gasteiger partial charge in [0.1, 0.15) is 11.3 Å². The highest BCUT2D eigenvalue weighted by molar-refractivity contribution is 5.98. The van der Waals surface area contributed by atoms with E-state index < -0.39 is 17.8 Å². The van der Waals surface area contributed by atoms with Gasteiger partial charge in [0.05, 0.1) is 48.4 Å². The van der Waals surface area contributed by atoms with Gasteiger partial charge in [0.15, 0.2) is 0 Å². The lowest BCUT2D eigenvalue weighted by Gasteiger charge is -2.33. The fourth-order valence-corrected chi connectivity index (χ4v) is 4.06. The molecule has 4 aromatic rings. The first-order valence-corrected chi connectivity index (χ1v) is 9.80. The zero-order chi connectivity index (χ0) is 22.6. The average Bonchev–Trinajstić information content (AvgIpc) is 3.28. The third kappa shape index (κ3) is 3.23. The van der Waals surface area contributed by atoms with Crippen LogP contribution in [0, 0.1) is 0 Å². The van der Waals surface area contributed by atoms with E-state index in [2.05, 4.69) is 9.97 Å². The van der Waals surface area contributed by atoms with Crippen molar-refractivity contribution in [2.24, 2.45) is 0 Å². The molecule has 2 aromatic carbocycles. The monoisotopic (exact) mass is 441 g/mol. The molecule has 1 aliphatic heterocycles. The van der Waals surface area contributed by atoms with Crippen molar-refractivity contribution in [2.45, 2.75) is 18.8 Å². The summed E-state index contributed by atoms with van der Waals surface area (Å²) in [5.41, 5.74) is 8.49. The van der Waals surface area contributed by atoms with Crippen LogP contribution < -0.4 is 5.73 Å². The van der Waals surface area contributed by atoms with Crippen molar-refractivity contribution in [1.82, 2.24) is 19.3 Å². The van der Waals surface area contributed by atoms with Crippen LogP contribution in [0.25, 0.3) is 16.6 Å². The molecule has 0 aliphatic carbocycles. The minimum Gasteiger partial charge on any atom is -0.382 e. The smallest absolute Gasteiger partial charge is 0.382 e. The summed E-state index contributed by atoms with van der Waals surface area (Å²) in [5, 5.41) is 0. The average molecular weight is 441 g/mol. The van der Waals surface area contributed by atoms with Gasteiger partial charge < -0.3 is 15.4 Å². The SMILES string of the molecule is CN(C(=O)c1ccc2nc(N)c3cncn3c2c1)[C@H]1COCc2ccc(C(F)(F)F)cc21. The maximum absolute atomic E-state index is 13.3. The molecular formula is C22H18F3N5O2. The molecule has 164 valence electrons. The lowest BCUT2D eigenvalue weighted by molar-refractivity contribution is -0.137. The molecule has 3 heterocycles. The van der Waals surface area contributed by atoms with Crippen molar-refractivity contribution in [3.8, 4) is 0 Å². The molecule has 32 heavy (non-hydrogen) atoms. The number of hydrogen-bond acceptors (Lipinski definition) is 5. The molecule has 2 aromatic heterocycles. The number of amides is 1. The molecule has 5 rings (SSSR count). The van der Waals surface area contributed by atoms with Gasteiger partial charge in [-0.05, 0) is 41.5 Å². The van der Waals surface area contributed by atoms with Crippen LogP contribution in [0.1, 0.15) is 33.1 Å². The number of halogens is 3. The number of imidazole rings is 1. The molecule has 0 spiro atoms. The van der Waals surface area contributed by atoms with E-state index in [1.807, 2.05) is 0 Å². The summed E-state index contributed by atoms with van der Waals surface area (Å²) in [7, 11) is 1.56. The highest BCUT2D eigenvalue weighted by Crippen LogP contribution is 2.36. The van der Waals surface area contributed by atoms with Crippen LogP contribution in [-0.2, 0) is 17.5 Å². The Morgan fingerprint density at radius 1 is 1.22 bits per heavy atom. The molecule has 1 amide bonds. The Labute approximate surface area is 180 Å². The number of benzene rings is 2. The molecular weight excluding hydrogens is 423 g/mol. The molecule has 0 fully saturated rings. The Morgan fingerprint density at radius 3 is 2.81 bits per heavy atom. The standard InChI is InChI=1S/C22H18F3N5O2/c1-29(19-10-32-9-13-2-4-14(7-15(13)19)22(23,24)25)21(31)12-3-5-16-17(6-12)30-11-27-8-18(30)20(26)28-16/h2-8,11,19H,9-10H2,1H3,(H2,26,28)/t19-/m0/s1. The highest BCUT2D eigenvalue weighted by Gasteiger charge is 2.34. The second kappa shape index (κ2) is 7.20. The van der Waals surface area contributed by atoms with Gasteiger partial charge in [-0.15, -0.1) is 0 Å². The Hall–Kier alpha value is -3.66. The zero-order valence-corrected chi connectivity index (χ0v) is 16.9. The first kappa shape index (κ1) is 20.3. The first-order valence-electron chi connectivity index (χ1n) is 9.80. The van der Waals surface area contributed by atoms with Gasteiger partial charge in [0.2, 0.25) is 0 Å². The van der Waals surface area contributed by atoms with Crippen LogP contribution in [0.3, 0.4) is 0 Å². The van der Waals surface area contributed by atoms with Crippen molar-refractivity contribution in [3.05, 3.63) is 71.2 Å². The van der Waals surface area contributed by atoms with Gasteiger partial charge in [-0.25, -0.2) is 9.97 Å². The van der Waals surface area contributed by atoms with Crippen LogP contribution in [0.5, 0.6) is 0 Å². The number of rotatable bonds is 2. The minimum absolute atomic E-state index is 0.105. The number of alkyl halides is 3. The van der Waals surface area contributed by atoms with Gasteiger partial charge in [0, 0.05) is 12.6 Å². The van der Waals surface area contributed by atoms with Crippen LogP contribution in [0.4, 0.5) is 19.0 Å². The van der Waals surface area contributed by atoms with Crippen molar-refractivity contribution < 1.29 is 22.7 Å². The number of nitrogens with zero attached hydrogens (tertiary/aromatic N) is 4. The Bertz CT molecular complexity index is 1370. The van der Waals surface area contributed by atoms with E-state index in [-0.39, 0.29) is 19.1 Å². The number of nitrogen functional groups attached to an aromatic ring is 1. The molecule has 2 N–H and O–H groups in total. The number of likely N-dealkylation sites (N-methyl/N-ethyl adjacent to an activating group) is 1. The topological polar surface area (TPSA) is 85.8 Å². The van der Waals surface area contributed by atoms with Crippen molar-refractivity contribution in [3.63, 3.8) is 0 Å². The van der Waals surface area contributed by atoms with Crippen LogP contribution in [0.2, 0.25) is 0 Å². The molecule has 10 heteroatoms. The normalized spacial score (nSPS) is 16.3. The number of ether oxygens (including phenoxy) is 1. The molecule has 0 saturated heterocycles. The predicted molar refractivity (Wildman–Crippen MR) is 111 cm³/mol. The predicted octanol–water partition coefficient (Wildman–Crippen LogP) is 3.83. The third-order valence-corrected chi connectivity index (χ3v) is 5.78. The van der Waals surface area contributed by atoms with Gasteiger partial charge in [0.25, 0.3) is 5.91 Å². The highest BCUT2D eigenvalue weighted by atomic mass is 19.4. The summed E-state index contributed by atoms with van der Waals surface area (Å²) in [6.45, 7) is 0.307. The summed E-state index contributed by atoms with van der Waals surface area (Å²) >= 11 is 0. The molecule has 7 nitrogen and oxygen atoms in total. The second-order valence-corrected chi connectivity index (χ2v) is 7.71. The Kier molecular flexibility index (Phi) is 4.55. The number of hydrogen-bond donors (Lipinski definition) is 1. The summed E-state index contributed by atoms with van der Waals surface area (Å²) in [4.78, 5) is 23.1. The number of aromatic nitrogens is 3. The number of nitrogens with two attached hydrogens (primary N) is 1. The van der Waals surface area contributed by atoms with Gasteiger partial charge in [-0.3, -0.25) is 9.20 Å². The van der Waals surface area contributed by atoms with Gasteiger partial charge >= 0.3 is 6.18 Å². The number of carbonyl (C=O) groups excluding carboxylic acids is 1. The van der Waals surface area contributed by atoms with Crippen molar-refractivity contribution in [2.75, 3.05) is 19.4 Å². The van der Waals surface area contributed by atoms with E-state index in [1.165, 1.54) is 11.0 Å². The maximum Gasteiger partial charge on any atom is 0.416 e. The Balaban J connectivity index is 1.53. The van der Waals surface area contributed by atoms with E-state index in [0.717, 1.165) is 12.1 Å². The number of fused-ring (bicyclic) bond motifs is 4. The van der Waals surface area contributed by atoms with E-state index in [4.69, 9.17) is 10.5 Å². The Morgan fingerprint density at radius 2 is 2.03 bits per heavy atom. The number of carbonyl (C=O) groups is 1. The molecule has 0 radical (unpaired) electrons. The largest absolute Gasteiger partial charge is 0.416 e. The van der Waals surface area contributed by atoms with Gasteiger partial charge in [-0.1, -0.05) is 6.07 Å². The molecule has 0 saturated carbocycles. The third-order valence-electron chi connectivity index (χ3n) is 5.78. The van der Waals surface area contributed by atoms with Crippen molar-refractivity contribution >= 4 is 28.3 Å². The fraction of sp³-hybridized carbons (Fsp3) is 0.227. The molecule has 0 bridgehead atoms. The fourth-order valence-electron chi connectivity index (χ4n) is 4.06. The minimum atomic E-state index is -4.47. The van der Waals surface area contributed by atoms with E-state index in [9.17, 15) is 18.0 Å². The first-order chi connectivity index (χ1) is 15.2. The quantitative estimate of drug-likeness (QED) is 0.511. The summed E-state index contributed by atoms with van der Waals surface area (Å²) < 4.78 is 47.1. The summed E-state index contributed by atoms with van der Waals surface area (Å²) in [5.74, 6) is -0.0292.